The summed E-state index contributed by atoms with van der Waals surface area (Å²) in [5, 5.41) is 15.8. The molecule has 0 spiro atoms. The van der Waals surface area contributed by atoms with Gasteiger partial charge >= 0.3 is 0 Å². The van der Waals surface area contributed by atoms with Gasteiger partial charge in [0, 0.05) is 18.8 Å². The Morgan fingerprint density at radius 2 is 1.89 bits per heavy atom. The van der Waals surface area contributed by atoms with Crippen LogP contribution in [0.25, 0.3) is 5.82 Å². The summed E-state index contributed by atoms with van der Waals surface area (Å²) in [5.41, 5.74) is 3.10. The van der Waals surface area contributed by atoms with Crippen molar-refractivity contribution in [3.05, 3.63) is 45.6 Å². The standard InChI is InChI=1S/C16H19ClN6O2S2/c1-10-11(2)22-23(12(10)3)15-6-5-14(20-21-15)18-8-9-19-27(24,25)16-7-4-13(17)26-16/h4-7,19H,8-9H2,1-3H3,(H,18,20). The summed E-state index contributed by atoms with van der Waals surface area (Å²) in [7, 11) is -3.55. The van der Waals surface area contributed by atoms with Crippen molar-refractivity contribution in [3.63, 3.8) is 0 Å². The summed E-state index contributed by atoms with van der Waals surface area (Å²) in [6.45, 7) is 6.52. The van der Waals surface area contributed by atoms with Gasteiger partial charge in [0.2, 0.25) is 10.0 Å². The minimum atomic E-state index is -3.55. The lowest BCUT2D eigenvalue weighted by atomic mass is 10.2. The zero-order valence-electron chi connectivity index (χ0n) is 15.0. The van der Waals surface area contributed by atoms with E-state index in [0.29, 0.717) is 22.5 Å². The zero-order valence-corrected chi connectivity index (χ0v) is 17.4. The number of sulfonamides is 1. The van der Waals surface area contributed by atoms with Crippen LogP contribution in [0, 0.1) is 20.8 Å². The fraction of sp³-hybridized carbons (Fsp3) is 0.312. The number of aromatic nitrogens is 4. The van der Waals surface area contributed by atoms with Crippen LogP contribution in [0.2, 0.25) is 4.34 Å². The molecule has 0 aliphatic rings. The number of anilines is 1. The zero-order chi connectivity index (χ0) is 19.6. The topological polar surface area (TPSA) is 102 Å². The highest BCUT2D eigenvalue weighted by Crippen LogP contribution is 2.25. The van der Waals surface area contributed by atoms with Gasteiger partial charge in [-0.25, -0.2) is 17.8 Å². The van der Waals surface area contributed by atoms with E-state index in [4.69, 9.17) is 11.6 Å². The summed E-state index contributed by atoms with van der Waals surface area (Å²) < 4.78 is 29.1. The lowest BCUT2D eigenvalue weighted by Gasteiger charge is -2.08. The summed E-state index contributed by atoms with van der Waals surface area (Å²) in [6.07, 6.45) is 0. The minimum Gasteiger partial charge on any atom is -0.367 e. The van der Waals surface area contributed by atoms with E-state index in [-0.39, 0.29) is 10.8 Å². The summed E-state index contributed by atoms with van der Waals surface area (Å²) in [6, 6.07) is 6.63. The van der Waals surface area contributed by atoms with Crippen LogP contribution in [0.5, 0.6) is 0 Å². The van der Waals surface area contributed by atoms with Gasteiger partial charge in [-0.3, -0.25) is 0 Å². The van der Waals surface area contributed by atoms with E-state index in [9.17, 15) is 8.42 Å². The highest BCUT2D eigenvalue weighted by Gasteiger charge is 2.15. The highest BCUT2D eigenvalue weighted by molar-refractivity contribution is 7.91. The van der Waals surface area contributed by atoms with Crippen molar-refractivity contribution in [2.75, 3.05) is 18.4 Å². The van der Waals surface area contributed by atoms with Crippen LogP contribution in [0.15, 0.2) is 28.5 Å². The van der Waals surface area contributed by atoms with Crippen molar-refractivity contribution < 1.29 is 8.42 Å². The van der Waals surface area contributed by atoms with Crippen LogP contribution in [0.4, 0.5) is 5.82 Å². The summed E-state index contributed by atoms with van der Waals surface area (Å²) >= 11 is 6.79. The van der Waals surface area contributed by atoms with E-state index >= 15 is 0 Å². The maximum Gasteiger partial charge on any atom is 0.250 e. The van der Waals surface area contributed by atoms with E-state index in [1.54, 1.807) is 16.8 Å². The fourth-order valence-corrected chi connectivity index (χ4v) is 4.92. The predicted octanol–water partition coefficient (Wildman–Crippen LogP) is 2.69. The van der Waals surface area contributed by atoms with Crippen LogP contribution < -0.4 is 10.0 Å². The monoisotopic (exact) mass is 426 g/mol. The molecule has 0 fully saturated rings. The molecule has 0 saturated carbocycles. The molecular weight excluding hydrogens is 408 g/mol. The number of aryl methyl sites for hydroxylation is 1. The third-order valence-corrected chi connectivity index (χ3v) is 7.24. The van der Waals surface area contributed by atoms with Crippen molar-refractivity contribution in [3.8, 4) is 5.82 Å². The molecule has 3 rings (SSSR count). The van der Waals surface area contributed by atoms with Gasteiger partial charge in [-0.05, 0) is 50.6 Å². The Bertz CT molecular complexity index is 1040. The van der Waals surface area contributed by atoms with E-state index in [1.165, 1.54) is 6.07 Å². The third-order valence-electron chi connectivity index (χ3n) is 4.06. The van der Waals surface area contributed by atoms with Gasteiger partial charge in [-0.15, -0.1) is 21.5 Å². The molecule has 0 saturated heterocycles. The molecule has 2 N–H and O–H groups in total. The molecule has 0 amide bonds. The van der Waals surface area contributed by atoms with Crippen molar-refractivity contribution in [2.24, 2.45) is 0 Å². The van der Waals surface area contributed by atoms with Gasteiger partial charge in [0.1, 0.15) is 10.0 Å². The molecule has 144 valence electrons. The summed E-state index contributed by atoms with van der Waals surface area (Å²) in [5.74, 6) is 1.18. The Hall–Kier alpha value is -2.01. The molecule has 0 radical (unpaired) electrons. The predicted molar refractivity (Wildman–Crippen MR) is 106 cm³/mol. The number of hydrogen-bond donors (Lipinski definition) is 2. The second-order valence-corrected chi connectivity index (χ2v) is 9.58. The Balaban J connectivity index is 1.55. The first kappa shape index (κ1) is 19.7. The molecule has 3 aromatic heterocycles. The molecule has 0 aliphatic carbocycles. The first-order valence-electron chi connectivity index (χ1n) is 8.14. The molecule has 27 heavy (non-hydrogen) atoms. The van der Waals surface area contributed by atoms with Crippen LogP contribution in [0.3, 0.4) is 0 Å². The maximum absolute atomic E-state index is 12.1. The van der Waals surface area contributed by atoms with E-state index in [0.717, 1.165) is 28.3 Å². The SMILES string of the molecule is Cc1nn(-c2ccc(NCCNS(=O)(=O)c3ccc(Cl)s3)nn2)c(C)c1C. The van der Waals surface area contributed by atoms with Crippen LogP contribution >= 0.6 is 22.9 Å². The smallest absolute Gasteiger partial charge is 0.250 e. The molecule has 8 nitrogen and oxygen atoms in total. The Kier molecular flexibility index (Phi) is 5.80. The van der Waals surface area contributed by atoms with E-state index in [2.05, 4.69) is 25.3 Å². The number of rotatable bonds is 7. The third kappa shape index (κ3) is 4.46. The number of thiophene rings is 1. The molecule has 0 aromatic carbocycles. The van der Waals surface area contributed by atoms with Gasteiger partial charge < -0.3 is 5.32 Å². The molecule has 0 atom stereocenters. The van der Waals surface area contributed by atoms with E-state index < -0.39 is 10.0 Å². The van der Waals surface area contributed by atoms with Crippen LogP contribution in [0.1, 0.15) is 17.0 Å². The first-order chi connectivity index (χ1) is 12.8. The Labute approximate surface area is 166 Å². The average Bonchev–Trinajstić information content (AvgIpc) is 3.19. The van der Waals surface area contributed by atoms with E-state index in [1.807, 2.05) is 26.8 Å². The van der Waals surface area contributed by atoms with Crippen LogP contribution in [-0.4, -0.2) is 41.5 Å². The Morgan fingerprint density at radius 3 is 2.44 bits per heavy atom. The average molecular weight is 427 g/mol. The lowest BCUT2D eigenvalue weighted by Crippen LogP contribution is -2.28. The highest BCUT2D eigenvalue weighted by atomic mass is 35.5. The molecule has 3 aromatic rings. The largest absolute Gasteiger partial charge is 0.367 e. The molecule has 0 aliphatic heterocycles. The number of nitrogens with one attached hydrogen (secondary N) is 2. The lowest BCUT2D eigenvalue weighted by molar-refractivity contribution is 0.585. The van der Waals surface area contributed by atoms with Gasteiger partial charge in [0.05, 0.1) is 10.0 Å². The fourth-order valence-electron chi connectivity index (χ4n) is 2.37. The molecular formula is C16H19ClN6O2S2. The minimum absolute atomic E-state index is 0.192. The number of halogens is 1. The molecule has 3 heterocycles. The van der Waals surface area contributed by atoms with Gasteiger partial charge in [0.15, 0.2) is 5.82 Å². The maximum atomic E-state index is 12.1. The normalized spacial score (nSPS) is 11.7. The molecule has 0 unspecified atom stereocenters. The van der Waals surface area contributed by atoms with Gasteiger partial charge in [0.25, 0.3) is 0 Å². The second kappa shape index (κ2) is 7.93. The second-order valence-electron chi connectivity index (χ2n) is 5.87. The van der Waals surface area contributed by atoms with Gasteiger partial charge in [-0.2, -0.15) is 5.10 Å². The number of hydrogen-bond acceptors (Lipinski definition) is 7. The van der Waals surface area contributed by atoms with Crippen LogP contribution in [-0.2, 0) is 10.0 Å². The molecule has 11 heteroatoms. The van der Waals surface area contributed by atoms with Crippen molar-refractivity contribution in [1.29, 1.82) is 0 Å². The van der Waals surface area contributed by atoms with Crippen molar-refractivity contribution >= 4 is 38.8 Å². The summed E-state index contributed by atoms with van der Waals surface area (Å²) in [4.78, 5) is 0. The van der Waals surface area contributed by atoms with Gasteiger partial charge in [-0.1, -0.05) is 11.6 Å². The van der Waals surface area contributed by atoms with Crippen molar-refractivity contribution in [1.82, 2.24) is 24.7 Å². The molecule has 0 bridgehead atoms. The van der Waals surface area contributed by atoms with Crippen molar-refractivity contribution in [2.45, 2.75) is 25.0 Å². The number of nitrogens with zero attached hydrogens (tertiary/aromatic N) is 4. The Morgan fingerprint density at radius 1 is 1.11 bits per heavy atom. The quantitative estimate of drug-likeness (QED) is 0.563. The first-order valence-corrected chi connectivity index (χ1v) is 10.8.